The van der Waals surface area contributed by atoms with Crippen molar-refractivity contribution in [3.05, 3.63) is 59.9 Å². The Labute approximate surface area is 120 Å². The molecule has 0 radical (unpaired) electrons. The molecule has 0 saturated heterocycles. The first kappa shape index (κ1) is 14.1. The van der Waals surface area contributed by atoms with Gasteiger partial charge in [0.05, 0.1) is 5.56 Å². The predicted molar refractivity (Wildman–Crippen MR) is 78.6 cm³/mol. The molecule has 5 nitrogen and oxygen atoms in total. The molecule has 2 rings (SSSR count). The number of oxime groups is 1. The van der Waals surface area contributed by atoms with Gasteiger partial charge in [-0.1, -0.05) is 17.3 Å². The highest BCUT2D eigenvalue weighted by molar-refractivity contribution is 7.98. The zero-order chi connectivity index (χ0) is 14.4. The van der Waals surface area contributed by atoms with Crippen LogP contribution in [0.4, 0.5) is 0 Å². The number of pyridine rings is 1. The number of nitrogens with two attached hydrogens (primary N) is 1. The van der Waals surface area contributed by atoms with Gasteiger partial charge in [0.25, 0.3) is 0 Å². The number of amidine groups is 1. The summed E-state index contributed by atoms with van der Waals surface area (Å²) in [6.07, 6.45) is 5.06. The van der Waals surface area contributed by atoms with Crippen LogP contribution in [0.15, 0.2) is 58.8 Å². The third-order valence-corrected chi connectivity index (χ3v) is 3.33. The van der Waals surface area contributed by atoms with Gasteiger partial charge >= 0.3 is 5.97 Å². The molecule has 1 aromatic carbocycles. The molecular formula is C14H13N3O2S. The largest absolute Gasteiger partial charge is 0.380 e. The van der Waals surface area contributed by atoms with Crippen molar-refractivity contribution in [3.63, 3.8) is 0 Å². The number of rotatable bonds is 4. The first-order valence-corrected chi connectivity index (χ1v) is 7.03. The quantitative estimate of drug-likeness (QED) is 0.307. The Morgan fingerprint density at radius 3 is 2.65 bits per heavy atom. The lowest BCUT2D eigenvalue weighted by Crippen LogP contribution is -2.15. The highest BCUT2D eigenvalue weighted by Crippen LogP contribution is 2.20. The van der Waals surface area contributed by atoms with Crippen LogP contribution >= 0.6 is 11.8 Å². The number of carbonyl (C=O) groups excluding carboxylic acids is 1. The predicted octanol–water partition coefficient (Wildman–Crippen LogP) is 2.28. The van der Waals surface area contributed by atoms with Gasteiger partial charge in [0.1, 0.15) is 0 Å². The molecule has 0 bridgehead atoms. The second-order valence-electron chi connectivity index (χ2n) is 3.79. The van der Waals surface area contributed by atoms with Crippen molar-refractivity contribution in [1.29, 1.82) is 0 Å². The molecule has 2 N–H and O–H groups in total. The Morgan fingerprint density at radius 2 is 1.95 bits per heavy atom. The van der Waals surface area contributed by atoms with Crippen molar-refractivity contribution < 1.29 is 9.63 Å². The van der Waals surface area contributed by atoms with Crippen molar-refractivity contribution in [3.8, 4) is 0 Å². The molecule has 6 heteroatoms. The molecule has 0 atom stereocenters. The van der Waals surface area contributed by atoms with Crippen LogP contribution in [0.2, 0.25) is 0 Å². The number of thioether (sulfide) groups is 1. The number of benzene rings is 1. The molecule has 0 aliphatic rings. The molecule has 102 valence electrons. The third kappa shape index (κ3) is 3.36. The van der Waals surface area contributed by atoms with Crippen molar-refractivity contribution in [2.45, 2.75) is 4.90 Å². The topological polar surface area (TPSA) is 77.6 Å². The number of carbonyl (C=O) groups is 1. The standard InChI is InChI=1S/C14H13N3O2S/c1-20-12-5-3-2-4-11(12)14(18)19-17-13(15)10-6-8-16-9-7-10/h2-9H,1H3,(H2,15,17). The van der Waals surface area contributed by atoms with Crippen LogP contribution < -0.4 is 5.73 Å². The molecule has 0 aliphatic carbocycles. The highest BCUT2D eigenvalue weighted by atomic mass is 32.2. The fraction of sp³-hybridized carbons (Fsp3) is 0.0714. The minimum absolute atomic E-state index is 0.127. The minimum Gasteiger partial charge on any atom is -0.380 e. The lowest BCUT2D eigenvalue weighted by molar-refractivity contribution is 0.0512. The lowest BCUT2D eigenvalue weighted by atomic mass is 10.2. The molecule has 1 heterocycles. The maximum Gasteiger partial charge on any atom is 0.366 e. The van der Waals surface area contributed by atoms with Crippen LogP contribution in [0, 0.1) is 0 Å². The third-order valence-electron chi connectivity index (χ3n) is 2.53. The summed E-state index contributed by atoms with van der Waals surface area (Å²) in [5.74, 6) is -0.408. The van der Waals surface area contributed by atoms with Crippen LogP contribution in [0.25, 0.3) is 0 Å². The highest BCUT2D eigenvalue weighted by Gasteiger charge is 2.12. The van der Waals surface area contributed by atoms with Gasteiger partial charge in [-0.3, -0.25) is 4.98 Å². The van der Waals surface area contributed by atoms with Crippen LogP contribution in [-0.4, -0.2) is 23.0 Å². The average molecular weight is 287 g/mol. The smallest absolute Gasteiger partial charge is 0.366 e. The van der Waals surface area contributed by atoms with E-state index in [0.717, 1.165) is 4.90 Å². The fourth-order valence-corrected chi connectivity index (χ4v) is 2.11. The molecule has 0 saturated carbocycles. The van der Waals surface area contributed by atoms with E-state index in [1.54, 1.807) is 36.7 Å². The van der Waals surface area contributed by atoms with Crippen molar-refractivity contribution >= 4 is 23.6 Å². The van der Waals surface area contributed by atoms with Gasteiger partial charge in [-0.25, -0.2) is 4.79 Å². The van der Waals surface area contributed by atoms with Gasteiger partial charge in [-0.15, -0.1) is 11.8 Å². The van der Waals surface area contributed by atoms with Gasteiger partial charge < -0.3 is 10.6 Å². The van der Waals surface area contributed by atoms with Gasteiger partial charge in [0.2, 0.25) is 0 Å². The second-order valence-corrected chi connectivity index (χ2v) is 4.64. The van der Waals surface area contributed by atoms with Gasteiger partial charge in [0, 0.05) is 22.9 Å². The van der Waals surface area contributed by atoms with Crippen LogP contribution in [0.5, 0.6) is 0 Å². The van der Waals surface area contributed by atoms with Crippen LogP contribution in [0.3, 0.4) is 0 Å². The minimum atomic E-state index is -0.535. The number of hydrogen-bond donors (Lipinski definition) is 1. The number of aromatic nitrogens is 1. The molecule has 0 unspecified atom stereocenters. The van der Waals surface area contributed by atoms with E-state index in [2.05, 4.69) is 10.1 Å². The zero-order valence-corrected chi connectivity index (χ0v) is 11.6. The van der Waals surface area contributed by atoms with Gasteiger partial charge in [-0.2, -0.15) is 0 Å². The Balaban J connectivity index is 2.12. The van der Waals surface area contributed by atoms with E-state index in [1.165, 1.54) is 11.8 Å². The van der Waals surface area contributed by atoms with Crippen LogP contribution in [0.1, 0.15) is 15.9 Å². The monoisotopic (exact) mass is 287 g/mol. The van der Waals surface area contributed by atoms with E-state index >= 15 is 0 Å². The second kappa shape index (κ2) is 6.72. The molecule has 0 aliphatic heterocycles. The summed E-state index contributed by atoms with van der Waals surface area (Å²) in [7, 11) is 0. The van der Waals surface area contributed by atoms with E-state index in [1.807, 2.05) is 18.4 Å². The summed E-state index contributed by atoms with van der Waals surface area (Å²) in [5, 5.41) is 3.65. The summed E-state index contributed by atoms with van der Waals surface area (Å²) in [5.41, 5.74) is 6.84. The maximum absolute atomic E-state index is 11.9. The maximum atomic E-state index is 11.9. The zero-order valence-electron chi connectivity index (χ0n) is 10.8. The number of nitrogens with zero attached hydrogens (tertiary/aromatic N) is 2. The molecule has 0 amide bonds. The molecule has 20 heavy (non-hydrogen) atoms. The molecule has 1 aromatic heterocycles. The summed E-state index contributed by atoms with van der Waals surface area (Å²) >= 11 is 1.47. The number of hydrogen-bond acceptors (Lipinski definition) is 5. The first-order chi connectivity index (χ1) is 9.72. The summed E-state index contributed by atoms with van der Waals surface area (Å²) in [6.45, 7) is 0. The Bertz CT molecular complexity index is 629. The SMILES string of the molecule is CSc1ccccc1C(=O)O/N=C(/N)c1ccncc1. The molecule has 0 fully saturated rings. The fourth-order valence-electron chi connectivity index (χ4n) is 1.53. The van der Waals surface area contributed by atoms with E-state index in [0.29, 0.717) is 11.1 Å². The summed E-state index contributed by atoms with van der Waals surface area (Å²) in [6, 6.07) is 10.5. The van der Waals surface area contributed by atoms with Crippen LogP contribution in [-0.2, 0) is 4.84 Å². The molecule has 2 aromatic rings. The molecular weight excluding hydrogens is 274 g/mol. The Morgan fingerprint density at radius 1 is 1.25 bits per heavy atom. The molecule has 0 spiro atoms. The van der Waals surface area contributed by atoms with E-state index in [4.69, 9.17) is 10.6 Å². The Kier molecular flexibility index (Phi) is 4.73. The normalized spacial score (nSPS) is 11.2. The van der Waals surface area contributed by atoms with Gasteiger partial charge in [-0.05, 0) is 30.5 Å². The first-order valence-electron chi connectivity index (χ1n) is 5.80. The summed E-state index contributed by atoms with van der Waals surface area (Å²) in [4.78, 5) is 21.5. The van der Waals surface area contributed by atoms with Crippen molar-refractivity contribution in [1.82, 2.24) is 4.98 Å². The lowest BCUT2D eigenvalue weighted by Gasteiger charge is -2.04. The van der Waals surface area contributed by atoms with E-state index in [9.17, 15) is 4.79 Å². The Hall–Kier alpha value is -2.34. The summed E-state index contributed by atoms with van der Waals surface area (Å²) < 4.78 is 0. The average Bonchev–Trinajstić information content (AvgIpc) is 2.53. The van der Waals surface area contributed by atoms with Gasteiger partial charge in [0.15, 0.2) is 5.84 Å². The van der Waals surface area contributed by atoms with Crippen molar-refractivity contribution in [2.75, 3.05) is 6.26 Å². The van der Waals surface area contributed by atoms with Crippen molar-refractivity contribution in [2.24, 2.45) is 10.9 Å². The van der Waals surface area contributed by atoms with E-state index in [-0.39, 0.29) is 5.84 Å². The van der Waals surface area contributed by atoms with E-state index < -0.39 is 5.97 Å².